The number of nitrogens with zero attached hydrogens (tertiary/aromatic N) is 3. The Balaban J connectivity index is 2.08. The number of thioether (sulfide) groups is 1. The van der Waals surface area contributed by atoms with E-state index in [0.717, 1.165) is 22.8 Å². The highest BCUT2D eigenvalue weighted by Gasteiger charge is 2.10. The zero-order valence-electron chi connectivity index (χ0n) is 12.4. The molecule has 2 rings (SSSR count). The molecule has 0 saturated carbocycles. The number of hydrogen-bond donors (Lipinski definition) is 1. The molecule has 0 radical (unpaired) electrons. The van der Waals surface area contributed by atoms with Gasteiger partial charge in [0.05, 0.1) is 11.3 Å². The molecule has 1 N–H and O–H groups in total. The lowest BCUT2D eigenvalue weighted by molar-refractivity contribution is 0.0696. The predicted molar refractivity (Wildman–Crippen MR) is 82.6 cm³/mol. The van der Waals surface area contributed by atoms with Crippen LogP contribution in [0, 0.1) is 12.8 Å². The van der Waals surface area contributed by atoms with Gasteiger partial charge in [0.2, 0.25) is 0 Å². The minimum absolute atomic E-state index is 0.351. The second-order valence-corrected chi connectivity index (χ2v) is 6.37. The number of hydrogen-bond acceptors (Lipinski definition) is 4. The van der Waals surface area contributed by atoms with Crippen LogP contribution in [0.3, 0.4) is 0 Å². The van der Waals surface area contributed by atoms with E-state index in [1.165, 1.54) is 0 Å². The maximum atomic E-state index is 11.1. The number of carboxylic acid groups (broad SMARTS) is 1. The Morgan fingerprint density at radius 1 is 1.43 bits per heavy atom. The molecule has 0 fully saturated rings. The normalized spacial score (nSPS) is 11.0. The van der Waals surface area contributed by atoms with Gasteiger partial charge in [-0.1, -0.05) is 19.9 Å². The van der Waals surface area contributed by atoms with E-state index in [2.05, 4.69) is 23.9 Å². The predicted octanol–water partition coefficient (Wildman–Crippen LogP) is 3.23. The van der Waals surface area contributed by atoms with E-state index in [9.17, 15) is 4.79 Å². The summed E-state index contributed by atoms with van der Waals surface area (Å²) >= 11 is 1.57. The zero-order chi connectivity index (χ0) is 15.4. The van der Waals surface area contributed by atoms with E-state index in [4.69, 9.17) is 5.11 Å². The summed E-state index contributed by atoms with van der Waals surface area (Å²) in [5, 5.41) is 13.4. The van der Waals surface area contributed by atoms with Crippen molar-refractivity contribution in [3.05, 3.63) is 41.5 Å². The number of aromatic carboxylic acids is 1. The van der Waals surface area contributed by atoms with Crippen molar-refractivity contribution in [2.45, 2.75) is 38.0 Å². The van der Waals surface area contributed by atoms with Gasteiger partial charge in [-0.15, -0.1) is 11.8 Å². The molecule has 21 heavy (non-hydrogen) atoms. The second kappa shape index (κ2) is 6.76. The molecule has 0 bridgehead atoms. The van der Waals surface area contributed by atoms with E-state index in [1.54, 1.807) is 31.1 Å². The summed E-state index contributed by atoms with van der Waals surface area (Å²) in [6.07, 6.45) is 1.57. The average molecular weight is 305 g/mol. The molecule has 0 aliphatic rings. The van der Waals surface area contributed by atoms with Gasteiger partial charge in [-0.2, -0.15) is 5.10 Å². The average Bonchev–Trinajstić information content (AvgIpc) is 2.84. The molecule has 2 aromatic rings. The molecule has 0 aliphatic carbocycles. The van der Waals surface area contributed by atoms with Gasteiger partial charge in [-0.25, -0.2) is 14.5 Å². The highest BCUT2D eigenvalue weighted by atomic mass is 32.2. The molecule has 1 aromatic heterocycles. The van der Waals surface area contributed by atoms with Crippen LogP contribution in [0.4, 0.5) is 0 Å². The largest absolute Gasteiger partial charge is 0.478 e. The molecule has 1 aromatic carbocycles. The quantitative estimate of drug-likeness (QED) is 0.830. The SMILES string of the molecule is Cc1ccc(SCc2ncnn2CC(C)C)cc1C(=O)O. The molecule has 112 valence electrons. The van der Waals surface area contributed by atoms with E-state index in [0.29, 0.717) is 17.2 Å². The summed E-state index contributed by atoms with van der Waals surface area (Å²) in [5.74, 6) is 1.20. The van der Waals surface area contributed by atoms with E-state index in [1.807, 2.05) is 16.8 Å². The summed E-state index contributed by atoms with van der Waals surface area (Å²) in [7, 11) is 0. The van der Waals surface area contributed by atoms with Crippen molar-refractivity contribution in [2.75, 3.05) is 0 Å². The summed E-state index contributed by atoms with van der Waals surface area (Å²) in [5.41, 5.74) is 1.12. The summed E-state index contributed by atoms with van der Waals surface area (Å²) in [6.45, 7) is 6.91. The Morgan fingerprint density at radius 2 is 2.19 bits per heavy atom. The van der Waals surface area contributed by atoms with Gasteiger partial charge < -0.3 is 5.11 Å². The second-order valence-electron chi connectivity index (χ2n) is 5.32. The number of carbonyl (C=O) groups is 1. The van der Waals surface area contributed by atoms with Gasteiger partial charge in [-0.3, -0.25) is 0 Å². The van der Waals surface area contributed by atoms with E-state index >= 15 is 0 Å². The van der Waals surface area contributed by atoms with Crippen molar-refractivity contribution < 1.29 is 9.90 Å². The lowest BCUT2D eigenvalue weighted by atomic mass is 10.1. The molecule has 0 spiro atoms. The Morgan fingerprint density at radius 3 is 2.86 bits per heavy atom. The molecule has 6 heteroatoms. The molecule has 5 nitrogen and oxygen atoms in total. The van der Waals surface area contributed by atoms with Crippen molar-refractivity contribution in [1.82, 2.24) is 14.8 Å². The lowest BCUT2D eigenvalue weighted by Crippen LogP contribution is -2.09. The molecular weight excluding hydrogens is 286 g/mol. The van der Waals surface area contributed by atoms with Crippen LogP contribution in [0.2, 0.25) is 0 Å². The topological polar surface area (TPSA) is 68.0 Å². The Labute approximate surface area is 128 Å². The van der Waals surface area contributed by atoms with Gasteiger partial charge in [-0.05, 0) is 30.5 Å². The van der Waals surface area contributed by atoms with Crippen LogP contribution < -0.4 is 0 Å². The summed E-state index contributed by atoms with van der Waals surface area (Å²) in [6, 6.07) is 5.49. The third-order valence-corrected chi connectivity index (χ3v) is 4.03. The first-order valence-corrected chi connectivity index (χ1v) is 7.79. The molecule has 0 saturated heterocycles. The van der Waals surface area contributed by atoms with Crippen LogP contribution in [0.15, 0.2) is 29.4 Å². The van der Waals surface area contributed by atoms with Crippen molar-refractivity contribution in [1.29, 1.82) is 0 Å². The Hall–Kier alpha value is -1.82. The minimum Gasteiger partial charge on any atom is -0.478 e. The molecule has 0 atom stereocenters. The maximum Gasteiger partial charge on any atom is 0.335 e. The fourth-order valence-corrected chi connectivity index (χ4v) is 2.85. The van der Waals surface area contributed by atoms with Gasteiger partial charge in [0.1, 0.15) is 12.2 Å². The Kier molecular flexibility index (Phi) is 5.01. The Bertz CT molecular complexity index is 638. The van der Waals surface area contributed by atoms with Crippen molar-refractivity contribution >= 4 is 17.7 Å². The molecule has 0 unspecified atom stereocenters. The third-order valence-electron chi connectivity index (χ3n) is 3.04. The van der Waals surface area contributed by atoms with Crippen LogP contribution in [-0.4, -0.2) is 25.8 Å². The highest BCUT2D eigenvalue weighted by molar-refractivity contribution is 7.98. The first kappa shape index (κ1) is 15.6. The third kappa shape index (κ3) is 4.07. The summed E-state index contributed by atoms with van der Waals surface area (Å²) in [4.78, 5) is 16.3. The van der Waals surface area contributed by atoms with Gasteiger partial charge in [0, 0.05) is 11.4 Å². The highest BCUT2D eigenvalue weighted by Crippen LogP contribution is 2.24. The van der Waals surface area contributed by atoms with Crippen molar-refractivity contribution in [2.24, 2.45) is 5.92 Å². The number of carboxylic acids is 1. The number of rotatable bonds is 6. The first-order valence-electron chi connectivity index (χ1n) is 6.80. The van der Waals surface area contributed by atoms with Crippen LogP contribution >= 0.6 is 11.8 Å². The van der Waals surface area contributed by atoms with Crippen LogP contribution in [0.5, 0.6) is 0 Å². The van der Waals surface area contributed by atoms with Crippen LogP contribution in [-0.2, 0) is 12.3 Å². The summed E-state index contributed by atoms with van der Waals surface area (Å²) < 4.78 is 1.91. The van der Waals surface area contributed by atoms with Gasteiger partial charge >= 0.3 is 5.97 Å². The maximum absolute atomic E-state index is 11.1. The minimum atomic E-state index is -0.891. The first-order chi connectivity index (χ1) is 9.97. The number of aryl methyl sites for hydroxylation is 1. The smallest absolute Gasteiger partial charge is 0.335 e. The van der Waals surface area contributed by atoms with Crippen molar-refractivity contribution in [3.63, 3.8) is 0 Å². The van der Waals surface area contributed by atoms with Gasteiger partial charge in [0.15, 0.2) is 0 Å². The van der Waals surface area contributed by atoms with Crippen LogP contribution in [0.1, 0.15) is 35.6 Å². The fraction of sp³-hybridized carbons (Fsp3) is 0.400. The van der Waals surface area contributed by atoms with E-state index in [-0.39, 0.29) is 0 Å². The molecular formula is C15H19N3O2S. The number of aromatic nitrogens is 3. The molecule has 0 amide bonds. The monoisotopic (exact) mass is 305 g/mol. The van der Waals surface area contributed by atoms with Crippen molar-refractivity contribution in [3.8, 4) is 0 Å². The van der Waals surface area contributed by atoms with Crippen LogP contribution in [0.25, 0.3) is 0 Å². The number of benzene rings is 1. The molecule has 0 aliphatic heterocycles. The zero-order valence-corrected chi connectivity index (χ0v) is 13.2. The van der Waals surface area contributed by atoms with Gasteiger partial charge in [0.25, 0.3) is 0 Å². The van der Waals surface area contributed by atoms with E-state index < -0.39 is 5.97 Å². The standard InChI is InChI=1S/C15H19N3O2S/c1-10(2)7-18-14(16-9-17-18)8-21-12-5-4-11(3)13(6-12)15(19)20/h4-6,9-10H,7-8H2,1-3H3,(H,19,20). The molecule has 1 heterocycles. The lowest BCUT2D eigenvalue weighted by Gasteiger charge is -2.09. The fourth-order valence-electron chi connectivity index (χ4n) is 1.97.